The van der Waals surface area contributed by atoms with Crippen LogP contribution in [-0.4, -0.2) is 40.0 Å². The maximum atomic E-state index is 12.4. The Morgan fingerprint density at radius 1 is 1.03 bits per heavy atom. The number of aromatic nitrogens is 2. The van der Waals surface area contributed by atoms with E-state index in [1.165, 1.54) is 11.3 Å². The average molecular weight is 423 g/mol. The highest BCUT2D eigenvalue weighted by atomic mass is 32.1. The third kappa shape index (κ3) is 4.83. The zero-order valence-corrected chi connectivity index (χ0v) is 17.4. The third-order valence-electron chi connectivity index (χ3n) is 4.83. The molecule has 3 aromatic rings. The molecule has 2 aromatic carbocycles. The van der Waals surface area contributed by atoms with Crippen LogP contribution in [-0.2, 0) is 6.61 Å². The van der Waals surface area contributed by atoms with Crippen LogP contribution in [0.25, 0.3) is 0 Å². The van der Waals surface area contributed by atoms with Gasteiger partial charge in [0, 0.05) is 24.3 Å². The molecule has 0 spiro atoms. The van der Waals surface area contributed by atoms with E-state index in [9.17, 15) is 9.59 Å². The van der Waals surface area contributed by atoms with Crippen molar-refractivity contribution in [2.45, 2.75) is 26.4 Å². The Morgan fingerprint density at radius 2 is 1.73 bits per heavy atom. The SMILES string of the molecule is Cc1ccc(OCc2nnc(C(=O)Nc3ccc(C(=O)N4CCCC4)cc3)s2)cc1. The number of carbonyl (C=O) groups excluding carboxylic acids is 2. The monoisotopic (exact) mass is 422 g/mol. The zero-order chi connectivity index (χ0) is 20.9. The van der Waals surface area contributed by atoms with Crippen molar-refractivity contribution in [3.63, 3.8) is 0 Å². The van der Waals surface area contributed by atoms with Crippen molar-refractivity contribution in [1.29, 1.82) is 0 Å². The fourth-order valence-corrected chi connectivity index (χ4v) is 3.81. The molecule has 0 saturated carbocycles. The number of hydrogen-bond donors (Lipinski definition) is 1. The Hall–Kier alpha value is -3.26. The molecule has 1 aliphatic rings. The van der Waals surface area contributed by atoms with Crippen molar-refractivity contribution in [2.75, 3.05) is 18.4 Å². The smallest absolute Gasteiger partial charge is 0.286 e. The number of carbonyl (C=O) groups is 2. The predicted octanol–water partition coefficient (Wildman–Crippen LogP) is 3.91. The maximum Gasteiger partial charge on any atom is 0.286 e. The number of ether oxygens (including phenoxy) is 1. The van der Waals surface area contributed by atoms with Crippen LogP contribution < -0.4 is 10.1 Å². The van der Waals surface area contributed by atoms with Crippen LogP contribution in [0, 0.1) is 6.92 Å². The number of amides is 2. The van der Waals surface area contributed by atoms with Gasteiger partial charge in [-0.2, -0.15) is 0 Å². The lowest BCUT2D eigenvalue weighted by atomic mass is 10.2. The van der Waals surface area contributed by atoms with Gasteiger partial charge in [0.05, 0.1) is 0 Å². The molecular weight excluding hydrogens is 400 g/mol. The predicted molar refractivity (Wildman–Crippen MR) is 115 cm³/mol. The Kier molecular flexibility index (Phi) is 6.04. The number of anilines is 1. The van der Waals surface area contributed by atoms with Gasteiger partial charge in [0.2, 0.25) is 5.01 Å². The standard InChI is InChI=1S/C22H22N4O3S/c1-15-4-10-18(11-5-15)29-14-19-24-25-21(30-19)20(27)23-17-8-6-16(7-9-17)22(28)26-12-2-3-13-26/h4-11H,2-3,12-14H2,1H3,(H,23,27). The van der Waals surface area contributed by atoms with Crippen LogP contribution in [0.1, 0.15) is 43.6 Å². The molecule has 154 valence electrons. The van der Waals surface area contributed by atoms with Gasteiger partial charge >= 0.3 is 0 Å². The molecule has 1 aliphatic heterocycles. The highest BCUT2D eigenvalue weighted by Crippen LogP contribution is 2.19. The molecule has 2 heterocycles. The summed E-state index contributed by atoms with van der Waals surface area (Å²) in [6.45, 7) is 3.88. The molecule has 7 nitrogen and oxygen atoms in total. The van der Waals surface area contributed by atoms with Crippen molar-refractivity contribution in [1.82, 2.24) is 15.1 Å². The van der Waals surface area contributed by atoms with Crippen LogP contribution in [0.4, 0.5) is 5.69 Å². The van der Waals surface area contributed by atoms with E-state index < -0.39 is 0 Å². The van der Waals surface area contributed by atoms with Crippen molar-refractivity contribution < 1.29 is 14.3 Å². The van der Waals surface area contributed by atoms with Gasteiger partial charge in [-0.25, -0.2) is 0 Å². The van der Waals surface area contributed by atoms with Crippen molar-refractivity contribution in [3.05, 3.63) is 69.7 Å². The molecule has 0 aliphatic carbocycles. The second-order valence-electron chi connectivity index (χ2n) is 7.13. The molecule has 2 amide bonds. The summed E-state index contributed by atoms with van der Waals surface area (Å²) >= 11 is 1.19. The van der Waals surface area contributed by atoms with Crippen LogP contribution in [0.3, 0.4) is 0 Å². The summed E-state index contributed by atoms with van der Waals surface area (Å²) in [5, 5.41) is 11.6. The van der Waals surface area contributed by atoms with Crippen molar-refractivity contribution in [2.24, 2.45) is 0 Å². The topological polar surface area (TPSA) is 84.4 Å². The fourth-order valence-electron chi connectivity index (χ4n) is 3.17. The van der Waals surface area contributed by atoms with Gasteiger partial charge in [0.1, 0.15) is 12.4 Å². The largest absolute Gasteiger partial charge is 0.486 e. The lowest BCUT2D eigenvalue weighted by molar-refractivity contribution is 0.0792. The maximum absolute atomic E-state index is 12.4. The number of likely N-dealkylation sites (tertiary alicyclic amines) is 1. The molecule has 0 atom stereocenters. The molecule has 0 unspecified atom stereocenters. The van der Waals surface area contributed by atoms with Crippen molar-refractivity contribution in [3.8, 4) is 5.75 Å². The van der Waals surface area contributed by atoms with Crippen LogP contribution in [0.15, 0.2) is 48.5 Å². The molecule has 1 saturated heterocycles. The minimum atomic E-state index is -0.340. The van der Waals surface area contributed by atoms with Crippen LogP contribution in [0.5, 0.6) is 5.75 Å². The summed E-state index contributed by atoms with van der Waals surface area (Å²) in [7, 11) is 0. The van der Waals surface area contributed by atoms with Gasteiger partial charge in [-0.1, -0.05) is 29.0 Å². The molecular formula is C22H22N4O3S. The van der Waals surface area contributed by atoms with Crippen molar-refractivity contribution >= 4 is 28.8 Å². The quantitative estimate of drug-likeness (QED) is 0.651. The summed E-state index contributed by atoms with van der Waals surface area (Å²) in [5.41, 5.74) is 2.39. The highest BCUT2D eigenvalue weighted by molar-refractivity contribution is 7.13. The first-order valence-electron chi connectivity index (χ1n) is 9.81. The molecule has 1 aromatic heterocycles. The number of hydrogen-bond acceptors (Lipinski definition) is 6. The van der Waals surface area contributed by atoms with E-state index in [0.29, 0.717) is 16.3 Å². The summed E-state index contributed by atoms with van der Waals surface area (Å²) in [4.78, 5) is 26.7. The van der Waals surface area contributed by atoms with E-state index in [2.05, 4.69) is 15.5 Å². The van der Waals surface area contributed by atoms with Gasteiger partial charge in [-0.3, -0.25) is 9.59 Å². The summed E-state index contributed by atoms with van der Waals surface area (Å²) in [5.74, 6) is 0.436. The Bertz CT molecular complexity index is 1030. The minimum Gasteiger partial charge on any atom is -0.486 e. The minimum absolute atomic E-state index is 0.0349. The number of aryl methyl sites for hydroxylation is 1. The average Bonchev–Trinajstić information content (AvgIpc) is 3.46. The number of nitrogens with one attached hydrogen (secondary N) is 1. The van der Waals surface area contributed by atoms with Crippen LogP contribution >= 0.6 is 11.3 Å². The lowest BCUT2D eigenvalue weighted by Gasteiger charge is -2.15. The molecule has 1 N–H and O–H groups in total. The van der Waals surface area contributed by atoms with E-state index in [1.807, 2.05) is 36.1 Å². The van der Waals surface area contributed by atoms with Gasteiger partial charge in [-0.05, 0) is 56.2 Å². The summed E-state index contributed by atoms with van der Waals surface area (Å²) < 4.78 is 5.68. The van der Waals surface area contributed by atoms with Gasteiger partial charge in [-0.15, -0.1) is 10.2 Å². The summed E-state index contributed by atoms with van der Waals surface area (Å²) in [6.07, 6.45) is 2.11. The molecule has 4 rings (SSSR count). The molecule has 1 fully saturated rings. The first-order valence-corrected chi connectivity index (χ1v) is 10.6. The number of nitrogens with zero attached hydrogens (tertiary/aromatic N) is 3. The molecule has 0 bridgehead atoms. The van der Waals surface area contributed by atoms with E-state index in [1.54, 1.807) is 24.3 Å². The lowest BCUT2D eigenvalue weighted by Crippen LogP contribution is -2.27. The first-order chi connectivity index (χ1) is 14.6. The Morgan fingerprint density at radius 3 is 2.43 bits per heavy atom. The Labute approximate surface area is 178 Å². The van der Waals surface area contributed by atoms with Gasteiger partial charge < -0.3 is 15.0 Å². The first kappa shape index (κ1) is 20.0. The number of benzene rings is 2. The second kappa shape index (κ2) is 9.04. The molecule has 8 heteroatoms. The molecule has 30 heavy (non-hydrogen) atoms. The van der Waals surface area contributed by atoms with Crippen LogP contribution in [0.2, 0.25) is 0 Å². The van der Waals surface area contributed by atoms with E-state index in [4.69, 9.17) is 4.74 Å². The Balaban J connectivity index is 1.32. The third-order valence-corrected chi connectivity index (χ3v) is 5.72. The highest BCUT2D eigenvalue weighted by Gasteiger charge is 2.19. The normalized spacial score (nSPS) is 13.3. The van der Waals surface area contributed by atoms with Gasteiger partial charge in [0.15, 0.2) is 5.01 Å². The molecule has 0 radical (unpaired) electrons. The van der Waals surface area contributed by atoms with Gasteiger partial charge in [0.25, 0.3) is 11.8 Å². The number of rotatable bonds is 6. The zero-order valence-electron chi connectivity index (χ0n) is 16.6. The second-order valence-corrected chi connectivity index (χ2v) is 8.20. The summed E-state index contributed by atoms with van der Waals surface area (Å²) in [6, 6.07) is 14.6. The van der Waals surface area contributed by atoms with E-state index in [-0.39, 0.29) is 23.4 Å². The van der Waals surface area contributed by atoms with E-state index in [0.717, 1.165) is 37.2 Å². The fraction of sp³-hybridized carbons (Fsp3) is 0.273. The van der Waals surface area contributed by atoms with E-state index >= 15 is 0 Å².